The van der Waals surface area contributed by atoms with E-state index in [0.29, 0.717) is 17.9 Å². The molecule has 1 N–H and O–H groups in total. The number of rotatable bonds is 4. The number of ether oxygens (including phenoxy) is 1. The maximum absolute atomic E-state index is 5.93. The van der Waals surface area contributed by atoms with Gasteiger partial charge in [0, 0.05) is 18.3 Å². The third kappa shape index (κ3) is 3.58. The number of aryl methyl sites for hydroxylation is 1. The number of hydrogen-bond acceptors (Lipinski definition) is 4. The van der Waals surface area contributed by atoms with Crippen LogP contribution < -0.4 is 10.1 Å². The van der Waals surface area contributed by atoms with Crippen LogP contribution in [0.2, 0.25) is 0 Å². The summed E-state index contributed by atoms with van der Waals surface area (Å²) in [6, 6.07) is 1.91. The van der Waals surface area contributed by atoms with Crippen LogP contribution in [0.4, 0.5) is 5.95 Å². The van der Waals surface area contributed by atoms with Crippen LogP contribution in [0, 0.1) is 6.92 Å². The lowest BCUT2D eigenvalue weighted by molar-refractivity contribution is 0.148. The summed E-state index contributed by atoms with van der Waals surface area (Å²) in [6.45, 7) is 4.83. The molecule has 4 heteroatoms. The van der Waals surface area contributed by atoms with Crippen molar-refractivity contribution in [2.45, 2.75) is 52.1 Å². The predicted octanol–water partition coefficient (Wildman–Crippen LogP) is 2.93. The van der Waals surface area contributed by atoms with E-state index in [9.17, 15) is 0 Å². The predicted molar refractivity (Wildman–Crippen MR) is 68.4 cm³/mol. The largest absolute Gasteiger partial charge is 0.474 e. The summed E-state index contributed by atoms with van der Waals surface area (Å²) < 4.78 is 5.93. The molecule has 0 spiro atoms. The number of aromatic nitrogens is 2. The van der Waals surface area contributed by atoms with Crippen molar-refractivity contribution in [2.75, 3.05) is 11.9 Å². The summed E-state index contributed by atoms with van der Waals surface area (Å²) in [5.41, 5.74) is 0.946. The molecular weight excluding hydrogens is 214 g/mol. The van der Waals surface area contributed by atoms with Crippen molar-refractivity contribution in [1.29, 1.82) is 0 Å². The van der Waals surface area contributed by atoms with Gasteiger partial charge in [-0.1, -0.05) is 6.42 Å². The van der Waals surface area contributed by atoms with Gasteiger partial charge in [-0.25, -0.2) is 4.98 Å². The highest BCUT2D eigenvalue weighted by atomic mass is 16.5. The van der Waals surface area contributed by atoms with Crippen molar-refractivity contribution in [2.24, 2.45) is 0 Å². The van der Waals surface area contributed by atoms with Gasteiger partial charge in [-0.3, -0.25) is 0 Å². The second-order valence-electron chi connectivity index (χ2n) is 4.58. The molecule has 0 saturated heterocycles. The van der Waals surface area contributed by atoms with Crippen LogP contribution in [-0.4, -0.2) is 22.6 Å². The fraction of sp³-hybridized carbons (Fsp3) is 0.692. The van der Waals surface area contributed by atoms with E-state index in [1.165, 1.54) is 19.3 Å². The minimum atomic E-state index is 0.340. The molecule has 1 aromatic rings. The molecule has 0 radical (unpaired) electrons. The molecule has 1 aromatic heterocycles. The van der Waals surface area contributed by atoms with Gasteiger partial charge in [0.05, 0.1) is 0 Å². The van der Waals surface area contributed by atoms with Gasteiger partial charge in [-0.05, 0) is 39.5 Å². The van der Waals surface area contributed by atoms with Crippen LogP contribution in [0.15, 0.2) is 6.07 Å². The van der Waals surface area contributed by atoms with Crippen LogP contribution in [0.25, 0.3) is 0 Å². The van der Waals surface area contributed by atoms with Crippen molar-refractivity contribution in [3.05, 3.63) is 11.8 Å². The monoisotopic (exact) mass is 235 g/mol. The van der Waals surface area contributed by atoms with Crippen molar-refractivity contribution < 1.29 is 4.74 Å². The van der Waals surface area contributed by atoms with Gasteiger partial charge in [0.2, 0.25) is 11.8 Å². The SMILES string of the molecule is CCNc1nc(C)cc(OC2CCCCC2)n1. The highest BCUT2D eigenvalue weighted by Crippen LogP contribution is 2.23. The number of hydrogen-bond donors (Lipinski definition) is 1. The Hall–Kier alpha value is -1.32. The Morgan fingerprint density at radius 1 is 1.29 bits per heavy atom. The molecule has 1 fully saturated rings. The average molecular weight is 235 g/mol. The lowest BCUT2D eigenvalue weighted by atomic mass is 9.98. The van der Waals surface area contributed by atoms with Gasteiger partial charge in [-0.15, -0.1) is 0 Å². The third-order valence-corrected chi connectivity index (χ3v) is 3.01. The molecule has 1 aliphatic rings. The number of nitrogens with zero attached hydrogens (tertiary/aromatic N) is 2. The molecule has 1 saturated carbocycles. The minimum absolute atomic E-state index is 0.340. The smallest absolute Gasteiger partial charge is 0.226 e. The normalized spacial score (nSPS) is 16.8. The van der Waals surface area contributed by atoms with Gasteiger partial charge < -0.3 is 10.1 Å². The van der Waals surface area contributed by atoms with Gasteiger partial charge in [0.1, 0.15) is 6.10 Å². The first-order chi connectivity index (χ1) is 8.28. The lowest BCUT2D eigenvalue weighted by Gasteiger charge is -2.22. The first kappa shape index (κ1) is 12.1. The summed E-state index contributed by atoms with van der Waals surface area (Å²) in [5.74, 6) is 1.37. The molecular formula is C13H21N3O. The number of nitrogens with one attached hydrogen (secondary N) is 1. The Balaban J connectivity index is 2.03. The quantitative estimate of drug-likeness (QED) is 0.871. The molecule has 17 heavy (non-hydrogen) atoms. The molecule has 0 aromatic carbocycles. The summed E-state index contributed by atoms with van der Waals surface area (Å²) in [6.07, 6.45) is 6.53. The van der Waals surface area contributed by atoms with Crippen LogP contribution in [0.3, 0.4) is 0 Å². The zero-order chi connectivity index (χ0) is 12.1. The molecule has 1 aliphatic carbocycles. The van der Waals surface area contributed by atoms with Crippen molar-refractivity contribution >= 4 is 5.95 Å². The second kappa shape index (κ2) is 5.84. The molecule has 94 valence electrons. The van der Waals surface area contributed by atoms with Gasteiger partial charge in [-0.2, -0.15) is 4.98 Å². The maximum Gasteiger partial charge on any atom is 0.226 e. The van der Waals surface area contributed by atoms with Crippen LogP contribution in [0.5, 0.6) is 5.88 Å². The van der Waals surface area contributed by atoms with E-state index in [0.717, 1.165) is 25.1 Å². The fourth-order valence-corrected chi connectivity index (χ4v) is 2.19. The van der Waals surface area contributed by atoms with E-state index in [2.05, 4.69) is 15.3 Å². The standard InChI is InChI=1S/C13H21N3O/c1-3-14-13-15-10(2)9-12(16-13)17-11-7-5-4-6-8-11/h9,11H,3-8H2,1-2H3,(H,14,15,16). The van der Waals surface area contributed by atoms with Crippen molar-refractivity contribution in [3.8, 4) is 5.88 Å². The fourth-order valence-electron chi connectivity index (χ4n) is 2.19. The molecule has 1 heterocycles. The summed E-state index contributed by atoms with van der Waals surface area (Å²) >= 11 is 0. The molecule has 2 rings (SSSR count). The zero-order valence-electron chi connectivity index (χ0n) is 10.7. The maximum atomic E-state index is 5.93. The van der Waals surface area contributed by atoms with E-state index >= 15 is 0 Å². The first-order valence-electron chi connectivity index (χ1n) is 6.54. The van der Waals surface area contributed by atoms with Gasteiger partial charge >= 0.3 is 0 Å². The Morgan fingerprint density at radius 3 is 2.76 bits per heavy atom. The highest BCUT2D eigenvalue weighted by molar-refractivity contribution is 5.30. The van der Waals surface area contributed by atoms with Gasteiger partial charge in [0.15, 0.2) is 0 Å². The highest BCUT2D eigenvalue weighted by Gasteiger charge is 2.15. The van der Waals surface area contributed by atoms with E-state index in [-0.39, 0.29) is 0 Å². The Labute approximate surface area is 103 Å². The van der Waals surface area contributed by atoms with Gasteiger partial charge in [0.25, 0.3) is 0 Å². The van der Waals surface area contributed by atoms with E-state index < -0.39 is 0 Å². The average Bonchev–Trinajstić information content (AvgIpc) is 2.30. The Bertz CT molecular complexity index is 362. The molecule has 0 bridgehead atoms. The van der Waals surface area contributed by atoms with Crippen molar-refractivity contribution in [1.82, 2.24) is 9.97 Å². The van der Waals surface area contributed by atoms with Crippen LogP contribution in [-0.2, 0) is 0 Å². The Kier molecular flexibility index (Phi) is 4.18. The Morgan fingerprint density at radius 2 is 2.06 bits per heavy atom. The first-order valence-corrected chi connectivity index (χ1v) is 6.54. The van der Waals surface area contributed by atoms with E-state index in [4.69, 9.17) is 4.74 Å². The second-order valence-corrected chi connectivity index (χ2v) is 4.58. The summed E-state index contributed by atoms with van der Waals surface area (Å²) in [7, 11) is 0. The number of anilines is 1. The zero-order valence-corrected chi connectivity index (χ0v) is 10.7. The van der Waals surface area contributed by atoms with E-state index in [1.807, 2.05) is 19.9 Å². The van der Waals surface area contributed by atoms with Crippen LogP contribution in [0.1, 0.15) is 44.7 Å². The molecule has 0 atom stereocenters. The van der Waals surface area contributed by atoms with Crippen LogP contribution >= 0.6 is 0 Å². The van der Waals surface area contributed by atoms with Crippen molar-refractivity contribution in [3.63, 3.8) is 0 Å². The lowest BCUT2D eigenvalue weighted by Crippen LogP contribution is -2.20. The van der Waals surface area contributed by atoms with E-state index in [1.54, 1.807) is 0 Å². The minimum Gasteiger partial charge on any atom is -0.474 e. The molecule has 0 aliphatic heterocycles. The third-order valence-electron chi connectivity index (χ3n) is 3.01. The molecule has 0 unspecified atom stereocenters. The molecule has 4 nitrogen and oxygen atoms in total. The topological polar surface area (TPSA) is 47.0 Å². The molecule has 0 amide bonds. The summed E-state index contributed by atoms with van der Waals surface area (Å²) in [4.78, 5) is 8.69. The summed E-state index contributed by atoms with van der Waals surface area (Å²) in [5, 5.41) is 3.12.